The van der Waals surface area contributed by atoms with Crippen molar-refractivity contribution in [2.75, 3.05) is 0 Å². The zero-order valence-electron chi connectivity index (χ0n) is 11.3. The van der Waals surface area contributed by atoms with Crippen LogP contribution >= 0.6 is 0 Å². The van der Waals surface area contributed by atoms with Gasteiger partial charge in [0.2, 0.25) is 0 Å². The topological polar surface area (TPSA) is 17.1 Å². The van der Waals surface area contributed by atoms with Gasteiger partial charge in [0, 0.05) is 12.8 Å². The fourth-order valence-electron chi connectivity index (χ4n) is 2.60. The fraction of sp³-hybridized carbons (Fsp3) is 0.800. The highest BCUT2D eigenvalue weighted by atomic mass is 16.1. The van der Waals surface area contributed by atoms with Crippen molar-refractivity contribution >= 4 is 5.78 Å². The maximum absolute atomic E-state index is 11.5. The van der Waals surface area contributed by atoms with Crippen LogP contribution in [0.2, 0.25) is 0 Å². The molecule has 0 aromatic carbocycles. The SMILES string of the molecule is C=C1C[C@@H](C(C)(C)C)CC[C@@H]1CC(=O)CC. The molecule has 0 spiro atoms. The van der Waals surface area contributed by atoms with Gasteiger partial charge < -0.3 is 0 Å². The molecule has 92 valence electrons. The highest BCUT2D eigenvalue weighted by molar-refractivity contribution is 5.78. The molecule has 0 aromatic rings. The number of ketones is 1. The Bertz CT molecular complexity index is 270. The first-order valence-corrected chi connectivity index (χ1v) is 6.54. The fourth-order valence-corrected chi connectivity index (χ4v) is 2.60. The third kappa shape index (κ3) is 3.47. The Hall–Kier alpha value is -0.590. The van der Waals surface area contributed by atoms with E-state index in [1.54, 1.807) is 0 Å². The summed E-state index contributed by atoms with van der Waals surface area (Å²) in [6.45, 7) is 13.1. The molecule has 1 fully saturated rings. The molecule has 0 radical (unpaired) electrons. The first kappa shape index (κ1) is 13.5. The Morgan fingerprint density at radius 2 is 2.00 bits per heavy atom. The summed E-state index contributed by atoms with van der Waals surface area (Å²) in [5.74, 6) is 1.60. The van der Waals surface area contributed by atoms with Gasteiger partial charge in [0.1, 0.15) is 5.78 Å². The van der Waals surface area contributed by atoms with Crippen LogP contribution in [0.15, 0.2) is 12.2 Å². The molecule has 1 saturated carbocycles. The lowest BCUT2D eigenvalue weighted by molar-refractivity contribution is -0.119. The van der Waals surface area contributed by atoms with Gasteiger partial charge in [0.15, 0.2) is 0 Å². The Labute approximate surface area is 100 Å². The number of hydrogen-bond acceptors (Lipinski definition) is 1. The van der Waals surface area contributed by atoms with Crippen molar-refractivity contribution in [2.45, 2.75) is 59.8 Å². The molecule has 0 saturated heterocycles. The van der Waals surface area contributed by atoms with Crippen molar-refractivity contribution in [3.05, 3.63) is 12.2 Å². The van der Waals surface area contributed by atoms with Crippen LogP contribution in [0.3, 0.4) is 0 Å². The number of carbonyl (C=O) groups excluding carboxylic acids is 1. The second-order valence-corrected chi connectivity index (χ2v) is 6.30. The minimum Gasteiger partial charge on any atom is -0.300 e. The lowest BCUT2D eigenvalue weighted by Gasteiger charge is -2.38. The van der Waals surface area contributed by atoms with E-state index in [2.05, 4.69) is 27.4 Å². The van der Waals surface area contributed by atoms with Gasteiger partial charge in [-0.2, -0.15) is 0 Å². The standard InChI is InChI=1S/C15H26O/c1-6-14(16)10-12-7-8-13(9-11(12)2)15(3,4)5/h12-13H,2,6-10H2,1,3-5H3/t12-,13+/m1/s1. The molecule has 16 heavy (non-hydrogen) atoms. The molecule has 0 aliphatic heterocycles. The van der Waals surface area contributed by atoms with Crippen LogP contribution < -0.4 is 0 Å². The van der Waals surface area contributed by atoms with E-state index < -0.39 is 0 Å². The Balaban J connectivity index is 2.53. The van der Waals surface area contributed by atoms with E-state index in [0.717, 1.165) is 25.2 Å². The Morgan fingerprint density at radius 3 is 2.44 bits per heavy atom. The molecule has 1 heteroatoms. The van der Waals surface area contributed by atoms with Crippen LogP contribution in [0.1, 0.15) is 59.8 Å². The van der Waals surface area contributed by atoms with Crippen LogP contribution in [0, 0.1) is 17.3 Å². The summed E-state index contributed by atoms with van der Waals surface area (Å²) >= 11 is 0. The summed E-state index contributed by atoms with van der Waals surface area (Å²) < 4.78 is 0. The quantitative estimate of drug-likeness (QED) is 0.648. The Kier molecular flexibility index (Phi) is 4.35. The second kappa shape index (κ2) is 5.16. The van der Waals surface area contributed by atoms with Crippen molar-refractivity contribution in [1.29, 1.82) is 0 Å². The predicted octanol–water partition coefficient (Wildman–Crippen LogP) is 4.37. The van der Waals surface area contributed by atoms with Crippen LogP contribution in [0.4, 0.5) is 0 Å². The highest BCUT2D eigenvalue weighted by Gasteiger charge is 2.32. The van der Waals surface area contributed by atoms with Crippen molar-refractivity contribution in [3.8, 4) is 0 Å². The van der Waals surface area contributed by atoms with Crippen molar-refractivity contribution in [1.82, 2.24) is 0 Å². The largest absolute Gasteiger partial charge is 0.300 e. The van der Waals surface area contributed by atoms with E-state index in [4.69, 9.17) is 0 Å². The number of rotatable bonds is 3. The number of Topliss-reactive ketones (excluding diaryl/α,β-unsaturated/α-hetero) is 1. The normalized spacial score (nSPS) is 26.9. The van der Waals surface area contributed by atoms with Crippen LogP contribution in [0.25, 0.3) is 0 Å². The summed E-state index contributed by atoms with van der Waals surface area (Å²) in [6, 6.07) is 0. The van der Waals surface area contributed by atoms with Gasteiger partial charge in [-0.25, -0.2) is 0 Å². The smallest absolute Gasteiger partial charge is 0.133 e. The zero-order chi connectivity index (χ0) is 12.3. The van der Waals surface area contributed by atoms with Gasteiger partial charge in [-0.1, -0.05) is 39.8 Å². The average Bonchev–Trinajstić information content (AvgIpc) is 2.19. The predicted molar refractivity (Wildman–Crippen MR) is 69.3 cm³/mol. The highest BCUT2D eigenvalue weighted by Crippen LogP contribution is 2.42. The van der Waals surface area contributed by atoms with Crippen LogP contribution in [-0.4, -0.2) is 5.78 Å². The van der Waals surface area contributed by atoms with E-state index >= 15 is 0 Å². The van der Waals surface area contributed by atoms with E-state index in [1.165, 1.54) is 12.0 Å². The lowest BCUT2D eigenvalue weighted by Crippen LogP contribution is -2.28. The molecule has 0 aromatic heterocycles. The molecule has 0 bridgehead atoms. The lowest BCUT2D eigenvalue weighted by atomic mass is 9.67. The molecule has 0 N–H and O–H groups in total. The number of allylic oxidation sites excluding steroid dienone is 1. The van der Waals surface area contributed by atoms with Crippen LogP contribution in [0.5, 0.6) is 0 Å². The molecule has 1 rings (SSSR count). The first-order valence-electron chi connectivity index (χ1n) is 6.54. The molecule has 1 aliphatic rings. The number of carbonyl (C=O) groups is 1. The number of hydrogen-bond donors (Lipinski definition) is 0. The van der Waals surface area contributed by atoms with E-state index in [-0.39, 0.29) is 0 Å². The van der Waals surface area contributed by atoms with E-state index in [1.807, 2.05) is 6.92 Å². The average molecular weight is 222 g/mol. The maximum atomic E-state index is 11.5. The van der Waals surface area contributed by atoms with Gasteiger partial charge >= 0.3 is 0 Å². The first-order chi connectivity index (χ1) is 7.34. The Morgan fingerprint density at radius 1 is 1.38 bits per heavy atom. The zero-order valence-corrected chi connectivity index (χ0v) is 11.3. The van der Waals surface area contributed by atoms with Crippen molar-refractivity contribution in [2.24, 2.45) is 17.3 Å². The summed E-state index contributed by atoms with van der Waals surface area (Å²) in [7, 11) is 0. The van der Waals surface area contributed by atoms with Crippen molar-refractivity contribution < 1.29 is 4.79 Å². The summed E-state index contributed by atoms with van der Waals surface area (Å²) in [6.07, 6.45) is 4.93. The van der Waals surface area contributed by atoms with Gasteiger partial charge in [0.25, 0.3) is 0 Å². The van der Waals surface area contributed by atoms with Gasteiger partial charge in [-0.05, 0) is 36.5 Å². The maximum Gasteiger partial charge on any atom is 0.133 e. The molecule has 0 unspecified atom stereocenters. The molecule has 1 nitrogen and oxygen atoms in total. The minimum absolute atomic E-state index is 0.378. The van der Waals surface area contributed by atoms with Crippen molar-refractivity contribution in [3.63, 3.8) is 0 Å². The molecule has 2 atom stereocenters. The van der Waals surface area contributed by atoms with E-state index in [0.29, 0.717) is 23.5 Å². The third-order valence-corrected chi connectivity index (χ3v) is 4.04. The van der Waals surface area contributed by atoms with Crippen LogP contribution in [-0.2, 0) is 4.79 Å². The summed E-state index contributed by atoms with van der Waals surface area (Å²) in [5, 5.41) is 0. The van der Waals surface area contributed by atoms with Gasteiger partial charge in [-0.15, -0.1) is 0 Å². The van der Waals surface area contributed by atoms with Gasteiger partial charge in [0.05, 0.1) is 0 Å². The monoisotopic (exact) mass is 222 g/mol. The van der Waals surface area contributed by atoms with E-state index in [9.17, 15) is 4.79 Å². The molecule has 0 heterocycles. The second-order valence-electron chi connectivity index (χ2n) is 6.30. The molecular weight excluding hydrogens is 196 g/mol. The summed E-state index contributed by atoms with van der Waals surface area (Å²) in [5.41, 5.74) is 1.69. The molecular formula is C15H26O. The summed E-state index contributed by atoms with van der Waals surface area (Å²) in [4.78, 5) is 11.5. The molecule has 0 amide bonds. The minimum atomic E-state index is 0.378. The van der Waals surface area contributed by atoms with Gasteiger partial charge in [-0.3, -0.25) is 4.79 Å². The third-order valence-electron chi connectivity index (χ3n) is 4.04. The molecule has 1 aliphatic carbocycles.